The molecule has 0 saturated carbocycles. The zero-order valence-corrected chi connectivity index (χ0v) is 44.9. The van der Waals surface area contributed by atoms with Crippen molar-refractivity contribution >= 4 is 32.3 Å². The van der Waals surface area contributed by atoms with Gasteiger partial charge in [0.15, 0.2) is 0 Å². The molecule has 0 N–H and O–H groups in total. The van der Waals surface area contributed by atoms with Gasteiger partial charge in [0.1, 0.15) is 0 Å². The van der Waals surface area contributed by atoms with Crippen molar-refractivity contribution in [2.75, 3.05) is 0 Å². The van der Waals surface area contributed by atoms with Gasteiger partial charge in [0.2, 0.25) is 0 Å². The maximum absolute atomic E-state index is 2.59. The Morgan fingerprint density at radius 1 is 0.325 bits per heavy atom. The van der Waals surface area contributed by atoms with Crippen molar-refractivity contribution in [3.05, 3.63) is 286 Å². The lowest BCUT2D eigenvalue weighted by atomic mass is 9.69. The third-order valence-corrected chi connectivity index (χ3v) is 18.7. The van der Waals surface area contributed by atoms with E-state index in [1.54, 1.807) is 0 Å². The number of benzene rings is 12. The first-order valence-corrected chi connectivity index (χ1v) is 27.8. The van der Waals surface area contributed by atoms with Gasteiger partial charge in [-0.15, -0.1) is 0 Å². The summed E-state index contributed by atoms with van der Waals surface area (Å²) in [6.45, 7) is 14.4. The van der Waals surface area contributed by atoms with E-state index in [9.17, 15) is 0 Å². The molecule has 0 nitrogen and oxygen atoms in total. The molecule has 77 heavy (non-hydrogen) atoms. The van der Waals surface area contributed by atoms with E-state index in [0.29, 0.717) is 0 Å². The van der Waals surface area contributed by atoms with Crippen LogP contribution in [0.1, 0.15) is 90.3 Å². The zero-order valence-electron chi connectivity index (χ0n) is 44.9. The Kier molecular flexibility index (Phi) is 9.93. The first-order valence-electron chi connectivity index (χ1n) is 27.8. The fourth-order valence-corrected chi connectivity index (χ4v) is 14.8. The van der Waals surface area contributed by atoms with Gasteiger partial charge < -0.3 is 0 Å². The van der Waals surface area contributed by atoms with E-state index in [4.69, 9.17) is 0 Å². The van der Waals surface area contributed by atoms with Gasteiger partial charge in [-0.25, -0.2) is 0 Å². The highest BCUT2D eigenvalue weighted by Gasteiger charge is 2.49. The Morgan fingerprint density at radius 2 is 0.870 bits per heavy atom. The average molecular weight is 985 g/mol. The van der Waals surface area contributed by atoms with E-state index in [2.05, 4.69) is 272 Å². The molecule has 2 atom stereocenters. The normalized spacial score (nSPS) is 17.3. The number of aryl methyl sites for hydroxylation is 2. The van der Waals surface area contributed by atoms with Crippen LogP contribution in [-0.4, -0.2) is 0 Å². The minimum Gasteiger partial charge on any atom is -0.0619 e. The third-order valence-electron chi connectivity index (χ3n) is 18.7. The first-order chi connectivity index (χ1) is 37.5. The van der Waals surface area contributed by atoms with Crippen molar-refractivity contribution in [2.24, 2.45) is 0 Å². The van der Waals surface area contributed by atoms with Gasteiger partial charge in [0, 0.05) is 16.2 Å². The maximum atomic E-state index is 2.59. The molecule has 368 valence electrons. The molecule has 0 aliphatic heterocycles. The number of hydrogen-bond donors (Lipinski definition) is 0. The standard InChI is InChI=1S/C77H60/c1-7-48-27-29-54-41-56(34-32-52(54)39-48)60-44-70-73(71(45-60)77(6)67-24-13-10-19-62(67)65-43-57(36-37-68(65)77)55-33-31-51-38-47(2)26-28-53(51)40-55)63-20-11-12-23-66(63)76(70,5)46-59-18-14-25-69-72(59)64-22-15-21-61(74(64)75(69,3)4)58-35-30-49-16-8-9-17-50(49)42-58/h8-45H,7,46H2,1-6H3. The predicted molar refractivity (Wildman–Crippen MR) is 326 cm³/mol. The van der Waals surface area contributed by atoms with Crippen molar-refractivity contribution in [3.63, 3.8) is 0 Å². The highest BCUT2D eigenvalue weighted by molar-refractivity contribution is 5.97. The Bertz CT molecular complexity index is 4480. The summed E-state index contributed by atoms with van der Waals surface area (Å²) in [5.41, 5.74) is 28.5. The minimum absolute atomic E-state index is 0.200. The van der Waals surface area contributed by atoms with E-state index >= 15 is 0 Å². The summed E-state index contributed by atoms with van der Waals surface area (Å²) in [4.78, 5) is 0. The van der Waals surface area contributed by atoms with E-state index < -0.39 is 5.41 Å². The van der Waals surface area contributed by atoms with E-state index in [1.165, 1.54) is 155 Å². The van der Waals surface area contributed by atoms with Crippen molar-refractivity contribution in [1.82, 2.24) is 0 Å². The van der Waals surface area contributed by atoms with Crippen LogP contribution in [-0.2, 0) is 29.1 Å². The summed E-state index contributed by atoms with van der Waals surface area (Å²) < 4.78 is 0. The van der Waals surface area contributed by atoms with E-state index in [-0.39, 0.29) is 10.8 Å². The topological polar surface area (TPSA) is 0 Å². The summed E-state index contributed by atoms with van der Waals surface area (Å²) in [7, 11) is 0. The molecule has 0 aromatic heterocycles. The molecule has 0 radical (unpaired) electrons. The largest absolute Gasteiger partial charge is 0.0619 e. The van der Waals surface area contributed by atoms with Gasteiger partial charge >= 0.3 is 0 Å². The van der Waals surface area contributed by atoms with Crippen LogP contribution >= 0.6 is 0 Å². The number of rotatable bonds is 7. The zero-order chi connectivity index (χ0) is 52.0. The molecule has 15 rings (SSSR count). The van der Waals surface area contributed by atoms with Crippen LogP contribution in [0.5, 0.6) is 0 Å². The second-order valence-corrected chi connectivity index (χ2v) is 23.5. The summed E-state index contributed by atoms with van der Waals surface area (Å²) >= 11 is 0. The Labute approximate surface area is 453 Å². The van der Waals surface area contributed by atoms with Gasteiger partial charge in [-0.3, -0.25) is 0 Å². The monoisotopic (exact) mass is 984 g/mol. The van der Waals surface area contributed by atoms with Gasteiger partial charge in [-0.1, -0.05) is 227 Å². The molecular weight excluding hydrogens is 925 g/mol. The third kappa shape index (κ3) is 6.71. The molecule has 0 fully saturated rings. The van der Waals surface area contributed by atoms with Crippen LogP contribution < -0.4 is 0 Å². The molecule has 0 heteroatoms. The molecule has 3 aliphatic rings. The van der Waals surface area contributed by atoms with Gasteiger partial charge in [0.25, 0.3) is 0 Å². The summed E-state index contributed by atoms with van der Waals surface area (Å²) in [5.74, 6) is 0. The van der Waals surface area contributed by atoms with Crippen molar-refractivity contribution in [3.8, 4) is 66.8 Å². The average Bonchev–Trinajstić information content (AvgIpc) is 4.20. The highest BCUT2D eigenvalue weighted by atomic mass is 14.5. The molecular formula is C77H60. The van der Waals surface area contributed by atoms with Crippen LogP contribution in [0.2, 0.25) is 0 Å². The van der Waals surface area contributed by atoms with Gasteiger partial charge in [0.05, 0.1) is 0 Å². The number of hydrogen-bond acceptors (Lipinski definition) is 0. The van der Waals surface area contributed by atoms with Crippen molar-refractivity contribution in [1.29, 1.82) is 0 Å². The smallest absolute Gasteiger partial charge is 0.0442 e. The second-order valence-electron chi connectivity index (χ2n) is 23.5. The molecule has 0 heterocycles. The quantitative estimate of drug-likeness (QED) is 0.149. The molecule has 12 aromatic rings. The minimum atomic E-state index is -0.465. The molecule has 0 amide bonds. The Balaban J connectivity index is 0.944. The summed E-state index contributed by atoms with van der Waals surface area (Å²) in [6, 6.07) is 89.0. The van der Waals surface area contributed by atoms with Gasteiger partial charge in [-0.05, 0) is 212 Å². The first kappa shape index (κ1) is 45.8. The molecule has 2 unspecified atom stereocenters. The molecule has 0 bridgehead atoms. The Morgan fingerprint density at radius 3 is 1.69 bits per heavy atom. The lowest BCUT2D eigenvalue weighted by molar-refractivity contribution is 0.581. The van der Waals surface area contributed by atoms with Crippen molar-refractivity contribution < 1.29 is 0 Å². The molecule has 3 aliphatic carbocycles. The van der Waals surface area contributed by atoms with E-state index in [1.807, 2.05) is 0 Å². The molecule has 12 aromatic carbocycles. The molecule has 0 saturated heterocycles. The predicted octanol–water partition coefficient (Wildman–Crippen LogP) is 20.2. The van der Waals surface area contributed by atoms with Crippen LogP contribution in [0.3, 0.4) is 0 Å². The SMILES string of the molecule is CCc1ccc2cc(-c3cc4c(c(C5(C)c6ccccc6-c6cc(-c7ccc8cc(C)ccc8c7)ccc65)c3)-c3ccccc3C4(C)Cc3cccc4c3-c3cccc(-c5ccc6ccccc6c5)c3C4(C)C)ccc2c1. The van der Waals surface area contributed by atoms with Crippen LogP contribution in [0, 0.1) is 6.92 Å². The highest BCUT2D eigenvalue weighted by Crippen LogP contribution is 2.62. The fourth-order valence-electron chi connectivity index (χ4n) is 14.8. The Hall–Kier alpha value is -8.58. The van der Waals surface area contributed by atoms with Crippen LogP contribution in [0.4, 0.5) is 0 Å². The summed E-state index contributed by atoms with van der Waals surface area (Å²) in [6.07, 6.45) is 1.88. The maximum Gasteiger partial charge on any atom is 0.0442 e. The number of fused-ring (bicyclic) bond motifs is 12. The summed E-state index contributed by atoms with van der Waals surface area (Å²) in [5, 5.41) is 7.66. The molecule has 0 spiro atoms. The van der Waals surface area contributed by atoms with E-state index in [0.717, 1.165) is 12.8 Å². The fraction of sp³-hybridized carbons (Fsp3) is 0.143. The van der Waals surface area contributed by atoms with Crippen LogP contribution in [0.25, 0.3) is 99.1 Å². The van der Waals surface area contributed by atoms with Crippen molar-refractivity contribution in [2.45, 2.75) is 70.6 Å². The lowest BCUT2D eigenvalue weighted by Crippen LogP contribution is -2.27. The van der Waals surface area contributed by atoms with Crippen LogP contribution in [0.15, 0.2) is 231 Å². The second kappa shape index (κ2) is 16.7. The van der Waals surface area contributed by atoms with Gasteiger partial charge in [-0.2, -0.15) is 0 Å². The lowest BCUT2D eigenvalue weighted by Gasteiger charge is -2.33.